The molecule has 106 valence electrons. The number of anilines is 1. The van der Waals surface area contributed by atoms with Gasteiger partial charge in [0.25, 0.3) is 0 Å². The third kappa shape index (κ3) is 2.92. The molecular weight excluding hydrogens is 334 g/mol. The summed E-state index contributed by atoms with van der Waals surface area (Å²) in [5.41, 5.74) is 1.60. The third-order valence-electron chi connectivity index (χ3n) is 3.08. The maximum atomic E-state index is 11.9. The van der Waals surface area contributed by atoms with Crippen molar-refractivity contribution in [2.75, 3.05) is 5.32 Å². The number of aryl methyl sites for hydroxylation is 1. The third-order valence-corrected chi connectivity index (χ3v) is 3.61. The summed E-state index contributed by atoms with van der Waals surface area (Å²) in [6.07, 6.45) is -0.584. The van der Waals surface area contributed by atoms with Gasteiger partial charge in [0.15, 0.2) is 0 Å². The summed E-state index contributed by atoms with van der Waals surface area (Å²) >= 11 is 3.32. The lowest BCUT2D eigenvalue weighted by atomic mass is 10.2. The maximum absolute atomic E-state index is 11.9. The standard InChI is InChI=1S/C16H12BrNO3/c1-10-13-4-2-3-5-14(13)21-15(10)18-16(19)20-12-8-6-11(17)7-9-12/h2-9H,1H3,(H,18,19). The number of rotatable bonds is 2. The first kappa shape index (κ1) is 13.7. The Morgan fingerprint density at radius 2 is 1.86 bits per heavy atom. The SMILES string of the molecule is Cc1c(NC(=O)Oc2ccc(Br)cc2)oc2ccccc12. The Labute approximate surface area is 129 Å². The topological polar surface area (TPSA) is 51.5 Å². The minimum atomic E-state index is -0.584. The molecule has 3 rings (SSSR count). The molecule has 0 aliphatic heterocycles. The predicted molar refractivity (Wildman–Crippen MR) is 84.7 cm³/mol. The lowest BCUT2D eigenvalue weighted by Gasteiger charge is -2.05. The van der Waals surface area contributed by atoms with E-state index in [9.17, 15) is 4.79 Å². The van der Waals surface area contributed by atoms with Gasteiger partial charge in [-0.3, -0.25) is 5.32 Å². The first-order valence-corrected chi connectivity index (χ1v) is 7.15. The van der Waals surface area contributed by atoms with Crippen molar-refractivity contribution in [2.45, 2.75) is 6.92 Å². The van der Waals surface area contributed by atoms with Crippen LogP contribution in [0.25, 0.3) is 11.0 Å². The monoisotopic (exact) mass is 345 g/mol. The van der Waals surface area contributed by atoms with Crippen molar-refractivity contribution in [3.63, 3.8) is 0 Å². The number of para-hydroxylation sites is 1. The number of ether oxygens (including phenoxy) is 1. The van der Waals surface area contributed by atoms with Crippen molar-refractivity contribution in [2.24, 2.45) is 0 Å². The average molecular weight is 346 g/mol. The highest BCUT2D eigenvalue weighted by molar-refractivity contribution is 9.10. The molecule has 0 atom stereocenters. The highest BCUT2D eigenvalue weighted by atomic mass is 79.9. The molecule has 0 spiro atoms. The van der Waals surface area contributed by atoms with E-state index in [4.69, 9.17) is 9.15 Å². The number of nitrogens with one attached hydrogen (secondary N) is 1. The van der Waals surface area contributed by atoms with Gasteiger partial charge in [-0.05, 0) is 37.3 Å². The van der Waals surface area contributed by atoms with Crippen LogP contribution >= 0.6 is 15.9 Å². The van der Waals surface area contributed by atoms with Gasteiger partial charge in [-0.25, -0.2) is 4.79 Å². The zero-order valence-corrected chi connectivity index (χ0v) is 12.8. The molecule has 1 heterocycles. The molecule has 1 amide bonds. The Morgan fingerprint density at radius 1 is 1.14 bits per heavy atom. The minimum absolute atomic E-state index is 0.401. The molecule has 0 saturated carbocycles. The van der Waals surface area contributed by atoms with Gasteiger partial charge in [-0.1, -0.05) is 34.1 Å². The molecule has 3 aromatic rings. The van der Waals surface area contributed by atoms with Crippen LogP contribution in [0.3, 0.4) is 0 Å². The van der Waals surface area contributed by atoms with Gasteiger partial charge < -0.3 is 9.15 Å². The van der Waals surface area contributed by atoms with E-state index in [-0.39, 0.29) is 0 Å². The van der Waals surface area contributed by atoms with Gasteiger partial charge in [-0.2, -0.15) is 0 Å². The molecule has 0 aliphatic rings. The molecule has 0 radical (unpaired) electrons. The highest BCUT2D eigenvalue weighted by Crippen LogP contribution is 2.29. The fourth-order valence-electron chi connectivity index (χ4n) is 2.02. The second kappa shape index (κ2) is 5.61. The number of halogens is 1. The zero-order valence-electron chi connectivity index (χ0n) is 11.2. The number of hydrogen-bond donors (Lipinski definition) is 1. The van der Waals surface area contributed by atoms with Crippen LogP contribution in [0, 0.1) is 6.92 Å². The van der Waals surface area contributed by atoms with Gasteiger partial charge in [0.05, 0.1) is 0 Å². The lowest BCUT2D eigenvalue weighted by molar-refractivity contribution is 0.214. The van der Waals surface area contributed by atoms with E-state index in [2.05, 4.69) is 21.2 Å². The lowest BCUT2D eigenvalue weighted by Crippen LogP contribution is -2.16. The molecule has 0 fully saturated rings. The van der Waals surface area contributed by atoms with Crippen LogP contribution in [0.4, 0.5) is 10.7 Å². The summed E-state index contributed by atoms with van der Waals surface area (Å²) in [5, 5.41) is 3.59. The normalized spacial score (nSPS) is 10.6. The molecular formula is C16H12BrNO3. The van der Waals surface area contributed by atoms with Crippen molar-refractivity contribution >= 4 is 38.9 Å². The van der Waals surface area contributed by atoms with Crippen LogP contribution in [-0.4, -0.2) is 6.09 Å². The summed E-state index contributed by atoms with van der Waals surface area (Å²) < 4.78 is 11.7. The van der Waals surface area contributed by atoms with E-state index in [1.54, 1.807) is 24.3 Å². The largest absolute Gasteiger partial charge is 0.440 e. The van der Waals surface area contributed by atoms with Crippen LogP contribution in [0.1, 0.15) is 5.56 Å². The van der Waals surface area contributed by atoms with E-state index in [0.29, 0.717) is 11.6 Å². The molecule has 0 aliphatic carbocycles. The molecule has 5 heteroatoms. The van der Waals surface area contributed by atoms with E-state index in [1.807, 2.05) is 31.2 Å². The molecule has 0 saturated heterocycles. The number of hydrogen-bond acceptors (Lipinski definition) is 3. The number of furan rings is 1. The van der Waals surface area contributed by atoms with Crippen molar-refractivity contribution < 1.29 is 13.9 Å². The van der Waals surface area contributed by atoms with Gasteiger partial charge in [0, 0.05) is 15.4 Å². The summed E-state index contributed by atoms with van der Waals surface area (Å²) in [6.45, 7) is 1.89. The maximum Gasteiger partial charge on any atom is 0.419 e. The summed E-state index contributed by atoms with van der Waals surface area (Å²) in [5.74, 6) is 0.864. The van der Waals surface area contributed by atoms with E-state index in [1.165, 1.54) is 0 Å². The quantitative estimate of drug-likeness (QED) is 0.701. The molecule has 0 unspecified atom stereocenters. The fraction of sp³-hybridized carbons (Fsp3) is 0.0625. The van der Waals surface area contributed by atoms with Gasteiger partial charge >= 0.3 is 6.09 Å². The second-order valence-corrected chi connectivity index (χ2v) is 5.44. The molecule has 21 heavy (non-hydrogen) atoms. The summed E-state index contributed by atoms with van der Waals surface area (Å²) in [7, 11) is 0. The Balaban J connectivity index is 1.77. The molecule has 2 aromatic carbocycles. The van der Waals surface area contributed by atoms with Crippen molar-refractivity contribution in [1.29, 1.82) is 0 Å². The Kier molecular flexibility index (Phi) is 3.66. The van der Waals surface area contributed by atoms with Crippen LogP contribution in [0.15, 0.2) is 57.4 Å². The van der Waals surface area contributed by atoms with E-state index in [0.717, 1.165) is 21.0 Å². The zero-order chi connectivity index (χ0) is 14.8. The van der Waals surface area contributed by atoms with Crippen molar-refractivity contribution in [1.82, 2.24) is 0 Å². The predicted octanol–water partition coefficient (Wildman–Crippen LogP) is 5.11. The molecule has 0 bridgehead atoms. The van der Waals surface area contributed by atoms with Crippen molar-refractivity contribution in [3.05, 3.63) is 58.6 Å². The van der Waals surface area contributed by atoms with Gasteiger partial charge in [0.1, 0.15) is 11.3 Å². The Morgan fingerprint density at radius 3 is 2.57 bits per heavy atom. The van der Waals surface area contributed by atoms with E-state index < -0.39 is 6.09 Å². The smallest absolute Gasteiger partial charge is 0.419 e. The first-order valence-electron chi connectivity index (χ1n) is 6.36. The van der Waals surface area contributed by atoms with Crippen LogP contribution in [-0.2, 0) is 0 Å². The van der Waals surface area contributed by atoms with Gasteiger partial charge in [-0.15, -0.1) is 0 Å². The molecule has 4 nitrogen and oxygen atoms in total. The second-order valence-electron chi connectivity index (χ2n) is 4.52. The number of fused-ring (bicyclic) bond motifs is 1. The summed E-state index contributed by atoms with van der Waals surface area (Å²) in [4.78, 5) is 11.9. The van der Waals surface area contributed by atoms with Gasteiger partial charge in [0.2, 0.25) is 5.88 Å². The number of amides is 1. The van der Waals surface area contributed by atoms with Crippen molar-refractivity contribution in [3.8, 4) is 5.75 Å². The minimum Gasteiger partial charge on any atom is -0.440 e. The fourth-order valence-corrected chi connectivity index (χ4v) is 2.29. The molecule has 1 aromatic heterocycles. The van der Waals surface area contributed by atoms with Crippen LogP contribution in [0.2, 0.25) is 0 Å². The highest BCUT2D eigenvalue weighted by Gasteiger charge is 2.13. The van der Waals surface area contributed by atoms with E-state index >= 15 is 0 Å². The number of carbonyl (C=O) groups is 1. The van der Waals surface area contributed by atoms with Crippen LogP contribution < -0.4 is 10.1 Å². The molecule has 1 N–H and O–H groups in total. The van der Waals surface area contributed by atoms with Crippen LogP contribution in [0.5, 0.6) is 5.75 Å². The average Bonchev–Trinajstić information content (AvgIpc) is 2.78. The summed E-state index contributed by atoms with van der Waals surface area (Å²) in [6, 6.07) is 14.6. The first-order chi connectivity index (χ1) is 10.1. The number of benzene rings is 2. The number of carbonyl (C=O) groups excluding carboxylic acids is 1. The Bertz CT molecular complexity index is 793. The Hall–Kier alpha value is -2.27.